The molecule has 0 aliphatic rings. The summed E-state index contributed by atoms with van der Waals surface area (Å²) in [5.41, 5.74) is 6.72. The number of benzene rings is 1. The van der Waals surface area contributed by atoms with E-state index in [1.54, 1.807) is 17.1 Å². The molecule has 2 N–H and O–H groups in total. The SMILES string of the molecule is NCCn1cc(-c2ccc(F)c(F)c2)cn1. The first-order valence-corrected chi connectivity index (χ1v) is 4.88. The number of hydrogen-bond acceptors (Lipinski definition) is 2. The van der Waals surface area contributed by atoms with E-state index in [0.29, 0.717) is 18.7 Å². The third kappa shape index (κ3) is 2.09. The Labute approximate surface area is 91.5 Å². The topological polar surface area (TPSA) is 43.8 Å². The maximum absolute atomic E-state index is 13.0. The van der Waals surface area contributed by atoms with Gasteiger partial charge in [0.25, 0.3) is 0 Å². The molecular formula is C11H11F2N3. The fraction of sp³-hybridized carbons (Fsp3) is 0.182. The van der Waals surface area contributed by atoms with Gasteiger partial charge in [0.2, 0.25) is 0 Å². The summed E-state index contributed by atoms with van der Waals surface area (Å²) in [4.78, 5) is 0. The van der Waals surface area contributed by atoms with E-state index in [1.807, 2.05) is 0 Å². The molecule has 3 nitrogen and oxygen atoms in total. The highest BCUT2D eigenvalue weighted by molar-refractivity contribution is 5.61. The van der Waals surface area contributed by atoms with Gasteiger partial charge in [-0.1, -0.05) is 6.07 Å². The van der Waals surface area contributed by atoms with Crippen LogP contribution in [-0.2, 0) is 6.54 Å². The van der Waals surface area contributed by atoms with Crippen LogP contribution in [0.1, 0.15) is 0 Å². The number of nitrogens with zero attached hydrogens (tertiary/aromatic N) is 2. The molecule has 5 heteroatoms. The lowest BCUT2D eigenvalue weighted by atomic mass is 10.1. The van der Waals surface area contributed by atoms with Crippen LogP contribution in [0.4, 0.5) is 8.78 Å². The highest BCUT2D eigenvalue weighted by Crippen LogP contribution is 2.20. The van der Waals surface area contributed by atoms with Gasteiger partial charge in [0.1, 0.15) is 0 Å². The monoisotopic (exact) mass is 223 g/mol. The molecular weight excluding hydrogens is 212 g/mol. The van der Waals surface area contributed by atoms with Crippen molar-refractivity contribution in [1.29, 1.82) is 0 Å². The van der Waals surface area contributed by atoms with Gasteiger partial charge < -0.3 is 5.73 Å². The lowest BCUT2D eigenvalue weighted by Crippen LogP contribution is -2.09. The van der Waals surface area contributed by atoms with Crippen LogP contribution >= 0.6 is 0 Å². The molecule has 2 aromatic rings. The molecule has 0 saturated carbocycles. The van der Waals surface area contributed by atoms with Crippen molar-refractivity contribution in [1.82, 2.24) is 9.78 Å². The van der Waals surface area contributed by atoms with Crippen molar-refractivity contribution in [2.45, 2.75) is 6.54 Å². The molecule has 0 spiro atoms. The Morgan fingerprint density at radius 3 is 2.69 bits per heavy atom. The molecule has 84 valence electrons. The number of nitrogens with two attached hydrogens (primary N) is 1. The molecule has 0 radical (unpaired) electrons. The summed E-state index contributed by atoms with van der Waals surface area (Å²) in [6, 6.07) is 3.77. The standard InChI is InChI=1S/C11H11F2N3/c12-10-2-1-8(5-11(10)13)9-6-15-16(7-9)4-3-14/h1-2,5-7H,3-4,14H2. The van der Waals surface area contributed by atoms with Crippen molar-refractivity contribution >= 4 is 0 Å². The Bertz CT molecular complexity index is 494. The van der Waals surface area contributed by atoms with Crippen LogP contribution in [0.5, 0.6) is 0 Å². The van der Waals surface area contributed by atoms with Crippen LogP contribution < -0.4 is 5.73 Å². The van der Waals surface area contributed by atoms with Crippen LogP contribution in [0.15, 0.2) is 30.6 Å². The van der Waals surface area contributed by atoms with Crippen molar-refractivity contribution in [2.75, 3.05) is 6.54 Å². The zero-order valence-corrected chi connectivity index (χ0v) is 8.53. The van der Waals surface area contributed by atoms with Gasteiger partial charge in [0.15, 0.2) is 11.6 Å². The minimum absolute atomic E-state index is 0.485. The molecule has 0 unspecified atom stereocenters. The molecule has 0 amide bonds. The minimum Gasteiger partial charge on any atom is -0.329 e. The smallest absolute Gasteiger partial charge is 0.159 e. The summed E-state index contributed by atoms with van der Waals surface area (Å²) in [6.45, 7) is 1.09. The number of rotatable bonds is 3. The van der Waals surface area contributed by atoms with Gasteiger partial charge in [0, 0.05) is 18.3 Å². The van der Waals surface area contributed by atoms with Crippen molar-refractivity contribution in [2.24, 2.45) is 5.73 Å². The lowest BCUT2D eigenvalue weighted by Gasteiger charge is -1.98. The van der Waals surface area contributed by atoms with Crippen LogP contribution in [0, 0.1) is 11.6 Å². The van der Waals surface area contributed by atoms with E-state index in [0.717, 1.165) is 17.7 Å². The van der Waals surface area contributed by atoms with Crippen molar-refractivity contribution < 1.29 is 8.78 Å². The molecule has 0 saturated heterocycles. The molecule has 0 bridgehead atoms. The summed E-state index contributed by atoms with van der Waals surface area (Å²) in [6.07, 6.45) is 3.35. The van der Waals surface area contributed by atoms with Crippen molar-refractivity contribution in [3.63, 3.8) is 0 Å². The van der Waals surface area contributed by atoms with Gasteiger partial charge in [-0.25, -0.2) is 8.78 Å². The lowest BCUT2D eigenvalue weighted by molar-refractivity contribution is 0.509. The molecule has 1 heterocycles. The van der Waals surface area contributed by atoms with E-state index in [4.69, 9.17) is 5.73 Å². The summed E-state index contributed by atoms with van der Waals surface area (Å²) < 4.78 is 27.4. The first kappa shape index (κ1) is 10.8. The van der Waals surface area contributed by atoms with Gasteiger partial charge in [-0.3, -0.25) is 4.68 Å². The third-order valence-corrected chi connectivity index (χ3v) is 2.24. The maximum Gasteiger partial charge on any atom is 0.159 e. The highest BCUT2D eigenvalue weighted by atomic mass is 19.2. The number of halogens is 2. The normalized spacial score (nSPS) is 10.7. The van der Waals surface area contributed by atoms with Crippen LogP contribution in [0.2, 0.25) is 0 Å². The van der Waals surface area contributed by atoms with Crippen LogP contribution in [-0.4, -0.2) is 16.3 Å². The number of hydrogen-bond donors (Lipinski definition) is 1. The van der Waals surface area contributed by atoms with Gasteiger partial charge in [-0.2, -0.15) is 5.10 Å². The van der Waals surface area contributed by atoms with Crippen molar-refractivity contribution in [3.05, 3.63) is 42.2 Å². The third-order valence-electron chi connectivity index (χ3n) is 2.24. The van der Waals surface area contributed by atoms with E-state index in [1.165, 1.54) is 6.07 Å². The zero-order chi connectivity index (χ0) is 11.5. The van der Waals surface area contributed by atoms with E-state index in [9.17, 15) is 8.78 Å². The quantitative estimate of drug-likeness (QED) is 0.862. The molecule has 0 aliphatic heterocycles. The van der Waals surface area contributed by atoms with E-state index < -0.39 is 11.6 Å². The summed E-state index contributed by atoms with van der Waals surface area (Å²) in [5.74, 6) is -1.71. The molecule has 2 rings (SSSR count). The van der Waals surface area contributed by atoms with E-state index in [2.05, 4.69) is 5.10 Å². The Hall–Kier alpha value is -1.75. The predicted octanol–water partition coefficient (Wildman–Crippen LogP) is 1.79. The van der Waals surface area contributed by atoms with Gasteiger partial charge in [0.05, 0.1) is 12.7 Å². The molecule has 0 aliphatic carbocycles. The molecule has 1 aromatic heterocycles. The summed E-state index contributed by atoms with van der Waals surface area (Å²) in [7, 11) is 0. The molecule has 1 aromatic carbocycles. The van der Waals surface area contributed by atoms with Crippen LogP contribution in [0.25, 0.3) is 11.1 Å². The molecule has 0 atom stereocenters. The Balaban J connectivity index is 2.31. The average molecular weight is 223 g/mol. The van der Waals surface area contributed by atoms with E-state index >= 15 is 0 Å². The first-order chi connectivity index (χ1) is 7.70. The second-order valence-corrected chi connectivity index (χ2v) is 3.41. The van der Waals surface area contributed by atoms with Gasteiger partial charge in [-0.05, 0) is 17.7 Å². The second kappa shape index (κ2) is 4.40. The zero-order valence-electron chi connectivity index (χ0n) is 8.53. The minimum atomic E-state index is -0.857. The highest BCUT2D eigenvalue weighted by Gasteiger charge is 2.06. The van der Waals surface area contributed by atoms with Gasteiger partial charge >= 0.3 is 0 Å². The van der Waals surface area contributed by atoms with Crippen LogP contribution in [0.3, 0.4) is 0 Å². The summed E-state index contributed by atoms with van der Waals surface area (Å²) >= 11 is 0. The Morgan fingerprint density at radius 1 is 1.19 bits per heavy atom. The Morgan fingerprint density at radius 2 is 2.00 bits per heavy atom. The van der Waals surface area contributed by atoms with Crippen molar-refractivity contribution in [3.8, 4) is 11.1 Å². The summed E-state index contributed by atoms with van der Waals surface area (Å²) in [5, 5.41) is 4.05. The first-order valence-electron chi connectivity index (χ1n) is 4.88. The second-order valence-electron chi connectivity index (χ2n) is 3.41. The molecule has 16 heavy (non-hydrogen) atoms. The van der Waals surface area contributed by atoms with E-state index in [-0.39, 0.29) is 0 Å². The molecule has 0 fully saturated rings. The predicted molar refractivity (Wildman–Crippen MR) is 56.6 cm³/mol. The fourth-order valence-corrected chi connectivity index (χ4v) is 1.44. The number of aromatic nitrogens is 2. The fourth-order valence-electron chi connectivity index (χ4n) is 1.44. The average Bonchev–Trinajstić information content (AvgIpc) is 2.71. The Kier molecular flexibility index (Phi) is 2.96. The largest absolute Gasteiger partial charge is 0.329 e. The van der Waals surface area contributed by atoms with Gasteiger partial charge in [-0.15, -0.1) is 0 Å². The maximum atomic E-state index is 13.0.